The molecule has 0 saturated heterocycles. The summed E-state index contributed by atoms with van der Waals surface area (Å²) in [5.41, 5.74) is 1.30. The average Bonchev–Trinajstić information content (AvgIpc) is 2.28. The van der Waals surface area contributed by atoms with Crippen molar-refractivity contribution < 1.29 is 9.53 Å². The number of nitrogens with zero attached hydrogens (tertiary/aromatic N) is 2. The van der Waals surface area contributed by atoms with Crippen LogP contribution in [0.5, 0.6) is 0 Å². The van der Waals surface area contributed by atoms with Crippen LogP contribution in [0.1, 0.15) is 21.5 Å². The van der Waals surface area contributed by atoms with Gasteiger partial charge >= 0.3 is 5.97 Å². The summed E-state index contributed by atoms with van der Waals surface area (Å²) >= 11 is 0. The van der Waals surface area contributed by atoms with E-state index in [1.54, 1.807) is 0 Å². The van der Waals surface area contributed by atoms with Gasteiger partial charge in [0.05, 0.1) is 36.8 Å². The Labute approximate surface area is 87.3 Å². The first-order chi connectivity index (χ1) is 7.22. The number of hydrogen-bond acceptors (Lipinski definition) is 4. The van der Waals surface area contributed by atoms with Gasteiger partial charge in [-0.25, -0.2) is 4.79 Å². The van der Waals surface area contributed by atoms with E-state index in [0.717, 1.165) is 0 Å². The largest absolute Gasteiger partial charge is 0.465 e. The normalized spacial score (nSPS) is 8.73. The highest BCUT2D eigenvalue weighted by atomic mass is 16.5. The van der Waals surface area contributed by atoms with Crippen molar-refractivity contribution in [2.45, 2.75) is 6.42 Å². The molecule has 1 aromatic carbocycles. The zero-order valence-corrected chi connectivity index (χ0v) is 8.15. The molecule has 74 valence electrons. The maximum Gasteiger partial charge on any atom is 0.337 e. The van der Waals surface area contributed by atoms with E-state index < -0.39 is 5.97 Å². The van der Waals surface area contributed by atoms with Crippen LogP contribution in [0.2, 0.25) is 0 Å². The molecule has 0 aliphatic rings. The minimum absolute atomic E-state index is 0.105. The molecule has 1 rings (SSSR count). The Balaban J connectivity index is 3.18. The lowest BCUT2D eigenvalue weighted by molar-refractivity contribution is 0.0600. The first kappa shape index (κ1) is 10.7. The van der Waals surface area contributed by atoms with Crippen LogP contribution in [-0.4, -0.2) is 13.1 Å². The quantitative estimate of drug-likeness (QED) is 0.676. The Morgan fingerprint density at radius 3 is 2.73 bits per heavy atom. The SMILES string of the molecule is COC(=O)c1ccc(C#N)c(CC#N)c1. The standard InChI is InChI=1S/C11H8N2O2/c1-15-11(14)9-2-3-10(7-13)8(6-9)4-5-12/h2-3,6H,4H2,1H3. The summed E-state index contributed by atoms with van der Waals surface area (Å²) in [5, 5.41) is 17.3. The molecule has 0 N–H and O–H groups in total. The number of esters is 1. The van der Waals surface area contributed by atoms with Crippen molar-refractivity contribution in [3.8, 4) is 12.1 Å². The Morgan fingerprint density at radius 2 is 2.20 bits per heavy atom. The van der Waals surface area contributed by atoms with Crippen LogP contribution < -0.4 is 0 Å². The minimum Gasteiger partial charge on any atom is -0.465 e. The van der Waals surface area contributed by atoms with Crippen molar-refractivity contribution in [2.24, 2.45) is 0 Å². The Bertz CT molecular complexity index is 466. The average molecular weight is 200 g/mol. The van der Waals surface area contributed by atoms with Crippen molar-refractivity contribution in [3.63, 3.8) is 0 Å². The Hall–Kier alpha value is -2.33. The van der Waals surface area contributed by atoms with E-state index >= 15 is 0 Å². The highest BCUT2D eigenvalue weighted by Gasteiger charge is 2.09. The number of rotatable bonds is 2. The maximum absolute atomic E-state index is 11.2. The first-order valence-electron chi connectivity index (χ1n) is 4.21. The fourth-order valence-electron chi connectivity index (χ4n) is 1.18. The van der Waals surface area contributed by atoms with Gasteiger partial charge in [0.2, 0.25) is 0 Å². The van der Waals surface area contributed by atoms with Gasteiger partial charge in [0.15, 0.2) is 0 Å². The molecule has 0 atom stereocenters. The highest BCUT2D eigenvalue weighted by molar-refractivity contribution is 5.89. The molecule has 0 bridgehead atoms. The number of nitriles is 2. The van der Waals surface area contributed by atoms with Gasteiger partial charge in [0.1, 0.15) is 0 Å². The molecule has 0 heterocycles. The van der Waals surface area contributed by atoms with E-state index in [-0.39, 0.29) is 6.42 Å². The second kappa shape index (κ2) is 4.78. The van der Waals surface area contributed by atoms with E-state index in [9.17, 15) is 4.79 Å². The lowest BCUT2D eigenvalue weighted by atomic mass is 10.0. The third-order valence-electron chi connectivity index (χ3n) is 1.92. The number of ether oxygens (including phenoxy) is 1. The van der Waals surface area contributed by atoms with E-state index in [0.29, 0.717) is 16.7 Å². The molecule has 0 spiro atoms. The van der Waals surface area contributed by atoms with E-state index in [4.69, 9.17) is 10.5 Å². The highest BCUT2D eigenvalue weighted by Crippen LogP contribution is 2.12. The van der Waals surface area contributed by atoms with Crippen molar-refractivity contribution in [1.82, 2.24) is 0 Å². The molecule has 4 nitrogen and oxygen atoms in total. The predicted octanol–water partition coefficient (Wildman–Crippen LogP) is 1.41. The lowest BCUT2D eigenvalue weighted by Gasteiger charge is -2.02. The van der Waals surface area contributed by atoms with Crippen LogP contribution in [0, 0.1) is 22.7 Å². The number of carbonyl (C=O) groups is 1. The van der Waals surface area contributed by atoms with Crippen molar-refractivity contribution >= 4 is 5.97 Å². The molecule has 4 heteroatoms. The van der Waals surface area contributed by atoms with Gasteiger partial charge in [-0.05, 0) is 23.8 Å². The molecule has 0 saturated carbocycles. The Kier molecular flexibility index (Phi) is 3.43. The summed E-state index contributed by atoms with van der Waals surface area (Å²) in [4.78, 5) is 11.2. The van der Waals surface area contributed by atoms with E-state index in [2.05, 4.69) is 4.74 Å². The first-order valence-corrected chi connectivity index (χ1v) is 4.21. The van der Waals surface area contributed by atoms with Gasteiger partial charge in [0, 0.05) is 0 Å². The van der Waals surface area contributed by atoms with Gasteiger partial charge in [-0.15, -0.1) is 0 Å². The summed E-state index contributed by atoms with van der Waals surface area (Å²) in [6, 6.07) is 8.43. The maximum atomic E-state index is 11.2. The summed E-state index contributed by atoms with van der Waals surface area (Å²) in [7, 11) is 1.28. The monoisotopic (exact) mass is 200 g/mol. The molecule has 1 aromatic rings. The molecule has 0 aromatic heterocycles. The zero-order chi connectivity index (χ0) is 11.3. The van der Waals surface area contributed by atoms with Gasteiger partial charge in [-0.3, -0.25) is 0 Å². The van der Waals surface area contributed by atoms with Gasteiger partial charge < -0.3 is 4.74 Å². The van der Waals surface area contributed by atoms with Crippen LogP contribution in [0.15, 0.2) is 18.2 Å². The summed E-state index contributed by atoms with van der Waals surface area (Å²) in [6.45, 7) is 0. The Morgan fingerprint density at radius 1 is 1.47 bits per heavy atom. The van der Waals surface area contributed by atoms with Crippen LogP contribution in [0.3, 0.4) is 0 Å². The molecule has 0 unspecified atom stereocenters. The lowest BCUT2D eigenvalue weighted by Crippen LogP contribution is -2.02. The van der Waals surface area contributed by atoms with Crippen molar-refractivity contribution in [1.29, 1.82) is 10.5 Å². The third-order valence-corrected chi connectivity index (χ3v) is 1.92. The summed E-state index contributed by atoms with van der Waals surface area (Å²) in [6.07, 6.45) is 0.105. The van der Waals surface area contributed by atoms with Gasteiger partial charge in [-0.1, -0.05) is 0 Å². The van der Waals surface area contributed by atoms with Crippen LogP contribution in [-0.2, 0) is 11.2 Å². The number of methoxy groups -OCH3 is 1. The molecule has 0 aliphatic carbocycles. The van der Waals surface area contributed by atoms with Gasteiger partial charge in [0.25, 0.3) is 0 Å². The predicted molar refractivity (Wildman–Crippen MR) is 51.8 cm³/mol. The number of benzene rings is 1. The zero-order valence-electron chi connectivity index (χ0n) is 8.15. The third kappa shape index (κ3) is 2.32. The van der Waals surface area contributed by atoms with Gasteiger partial charge in [-0.2, -0.15) is 10.5 Å². The van der Waals surface area contributed by atoms with Crippen LogP contribution in [0.4, 0.5) is 0 Å². The molecular formula is C11H8N2O2. The van der Waals surface area contributed by atoms with E-state index in [1.165, 1.54) is 25.3 Å². The number of carbonyl (C=O) groups excluding carboxylic acids is 1. The number of hydrogen-bond donors (Lipinski definition) is 0. The second-order valence-electron chi connectivity index (χ2n) is 2.81. The minimum atomic E-state index is -0.473. The molecular weight excluding hydrogens is 192 g/mol. The fourth-order valence-corrected chi connectivity index (χ4v) is 1.18. The fraction of sp³-hybridized carbons (Fsp3) is 0.182. The summed E-state index contributed by atoms with van der Waals surface area (Å²) in [5.74, 6) is -0.473. The van der Waals surface area contributed by atoms with E-state index in [1.807, 2.05) is 12.1 Å². The second-order valence-corrected chi connectivity index (χ2v) is 2.81. The topological polar surface area (TPSA) is 73.9 Å². The molecule has 0 aliphatic heterocycles. The molecule has 0 fully saturated rings. The smallest absolute Gasteiger partial charge is 0.337 e. The van der Waals surface area contributed by atoms with Crippen LogP contribution in [0.25, 0.3) is 0 Å². The summed E-state index contributed by atoms with van der Waals surface area (Å²) < 4.78 is 4.54. The van der Waals surface area contributed by atoms with Crippen molar-refractivity contribution in [2.75, 3.05) is 7.11 Å². The molecule has 0 amide bonds. The molecule has 0 radical (unpaired) electrons. The van der Waals surface area contributed by atoms with Crippen molar-refractivity contribution in [3.05, 3.63) is 34.9 Å². The molecule has 15 heavy (non-hydrogen) atoms. The van der Waals surface area contributed by atoms with Crippen LogP contribution >= 0.6 is 0 Å².